The number of likely N-dealkylation sites (tertiary alicyclic amines) is 1. The van der Waals surface area contributed by atoms with Crippen molar-refractivity contribution in [1.82, 2.24) is 4.90 Å². The minimum Gasteiger partial charge on any atom is -0.393 e. The van der Waals surface area contributed by atoms with Gasteiger partial charge in [-0.2, -0.15) is 0 Å². The van der Waals surface area contributed by atoms with Gasteiger partial charge in [-0.1, -0.05) is 0 Å². The van der Waals surface area contributed by atoms with Gasteiger partial charge in [0.2, 0.25) is 0 Å². The van der Waals surface area contributed by atoms with Crippen LogP contribution in [0, 0.1) is 11.6 Å². The highest BCUT2D eigenvalue weighted by Crippen LogP contribution is 2.27. The van der Waals surface area contributed by atoms with Gasteiger partial charge in [-0.3, -0.25) is 0 Å². The predicted molar refractivity (Wildman–Crippen MR) is 83.2 cm³/mol. The Morgan fingerprint density at radius 2 is 2.14 bits per heavy atom. The van der Waals surface area contributed by atoms with Crippen LogP contribution in [0.5, 0.6) is 0 Å². The number of thioether (sulfide) groups is 1. The van der Waals surface area contributed by atoms with Crippen molar-refractivity contribution in [2.24, 2.45) is 0 Å². The van der Waals surface area contributed by atoms with Crippen LogP contribution < -0.4 is 5.32 Å². The summed E-state index contributed by atoms with van der Waals surface area (Å²) in [4.78, 5) is 13.8. The maximum Gasteiger partial charge on any atom is 0.322 e. The van der Waals surface area contributed by atoms with Crippen LogP contribution >= 0.6 is 11.8 Å². The number of aliphatic hydroxyl groups is 1. The Kier molecular flexibility index (Phi) is 5.63. The number of hydrogen-bond donors (Lipinski definition) is 2. The van der Waals surface area contributed by atoms with Crippen molar-refractivity contribution >= 4 is 23.5 Å². The molecule has 0 aliphatic carbocycles. The van der Waals surface area contributed by atoms with Crippen LogP contribution in [0.4, 0.5) is 19.3 Å². The highest BCUT2D eigenvalue weighted by Gasteiger charge is 2.29. The van der Waals surface area contributed by atoms with Crippen LogP contribution in [-0.2, 0) is 0 Å². The number of anilines is 1. The molecule has 2 rings (SSSR count). The zero-order valence-electron chi connectivity index (χ0n) is 12.6. The van der Waals surface area contributed by atoms with Gasteiger partial charge in [0.25, 0.3) is 0 Å². The monoisotopic (exact) mass is 330 g/mol. The minimum atomic E-state index is -0.690. The van der Waals surface area contributed by atoms with Gasteiger partial charge < -0.3 is 15.3 Å². The van der Waals surface area contributed by atoms with Crippen molar-refractivity contribution in [3.8, 4) is 0 Å². The summed E-state index contributed by atoms with van der Waals surface area (Å²) in [6.07, 6.45) is 3.28. The first-order valence-electron chi connectivity index (χ1n) is 7.21. The summed E-state index contributed by atoms with van der Waals surface area (Å²) in [5, 5.41) is 12.0. The van der Waals surface area contributed by atoms with E-state index in [9.17, 15) is 18.7 Å². The lowest BCUT2D eigenvalue weighted by molar-refractivity contribution is 0.142. The van der Waals surface area contributed by atoms with E-state index < -0.39 is 17.7 Å². The topological polar surface area (TPSA) is 52.6 Å². The third kappa shape index (κ3) is 3.89. The number of nitrogens with zero attached hydrogens (tertiary/aromatic N) is 1. The molecule has 1 fully saturated rings. The van der Waals surface area contributed by atoms with E-state index >= 15 is 0 Å². The quantitative estimate of drug-likeness (QED) is 0.832. The first-order valence-corrected chi connectivity index (χ1v) is 8.43. The van der Waals surface area contributed by atoms with Crippen LogP contribution in [0.1, 0.15) is 26.2 Å². The van der Waals surface area contributed by atoms with E-state index in [0.717, 1.165) is 36.7 Å². The summed E-state index contributed by atoms with van der Waals surface area (Å²) in [7, 11) is 0. The number of carbonyl (C=O) groups is 1. The van der Waals surface area contributed by atoms with Crippen LogP contribution in [0.15, 0.2) is 17.0 Å². The molecule has 22 heavy (non-hydrogen) atoms. The normalized spacial score (nSPS) is 19.3. The van der Waals surface area contributed by atoms with Gasteiger partial charge in [0.15, 0.2) is 0 Å². The first kappa shape index (κ1) is 17.0. The molecule has 1 saturated heterocycles. The van der Waals surface area contributed by atoms with Crippen molar-refractivity contribution in [1.29, 1.82) is 0 Å². The standard InChI is InChI=1S/C15H20F2N2O2S/c1-9(20)6-11-4-3-5-19(11)15(21)18-10-7-12(16)14(22-2)13(17)8-10/h7-9,11,20H,3-6H2,1-2H3,(H,18,21). The summed E-state index contributed by atoms with van der Waals surface area (Å²) in [5.41, 5.74) is 0.0977. The smallest absolute Gasteiger partial charge is 0.322 e. The van der Waals surface area contributed by atoms with Gasteiger partial charge in [-0.05, 0) is 44.6 Å². The molecule has 2 unspecified atom stereocenters. The molecule has 0 aromatic heterocycles. The molecule has 2 N–H and O–H groups in total. The maximum absolute atomic E-state index is 13.7. The number of rotatable bonds is 4. The van der Waals surface area contributed by atoms with Crippen molar-refractivity contribution < 1.29 is 18.7 Å². The molecule has 7 heteroatoms. The molecular formula is C15H20F2N2O2S. The number of carbonyl (C=O) groups excluding carboxylic acids is 1. The molecule has 4 nitrogen and oxygen atoms in total. The Morgan fingerprint density at radius 3 is 2.68 bits per heavy atom. The molecule has 2 atom stereocenters. The molecule has 1 aliphatic heterocycles. The number of halogens is 2. The lowest BCUT2D eigenvalue weighted by atomic mass is 10.1. The van der Waals surface area contributed by atoms with Crippen molar-refractivity contribution in [2.45, 2.75) is 43.2 Å². The molecule has 122 valence electrons. The van der Waals surface area contributed by atoms with Gasteiger partial charge in [0.1, 0.15) is 11.6 Å². The Hall–Kier alpha value is -1.34. The highest BCUT2D eigenvalue weighted by molar-refractivity contribution is 7.98. The molecule has 1 heterocycles. The van der Waals surface area contributed by atoms with E-state index in [1.807, 2.05) is 0 Å². The van der Waals surface area contributed by atoms with Gasteiger partial charge in [0.05, 0.1) is 11.0 Å². The second-order valence-corrected chi connectivity index (χ2v) is 6.29. The fourth-order valence-corrected chi connectivity index (χ4v) is 3.27. The molecule has 0 radical (unpaired) electrons. The van der Waals surface area contributed by atoms with E-state index in [1.165, 1.54) is 0 Å². The summed E-state index contributed by atoms with van der Waals surface area (Å²) in [6, 6.07) is 1.80. The molecule has 1 aliphatic rings. The number of aliphatic hydroxyl groups excluding tert-OH is 1. The number of amides is 2. The van der Waals surface area contributed by atoms with Gasteiger partial charge in [-0.25, -0.2) is 13.6 Å². The maximum atomic E-state index is 13.7. The van der Waals surface area contributed by atoms with E-state index in [-0.39, 0.29) is 22.7 Å². The number of hydrogen-bond acceptors (Lipinski definition) is 3. The Morgan fingerprint density at radius 1 is 1.50 bits per heavy atom. The lowest BCUT2D eigenvalue weighted by Gasteiger charge is -2.26. The fraction of sp³-hybridized carbons (Fsp3) is 0.533. The van der Waals surface area contributed by atoms with E-state index in [0.29, 0.717) is 13.0 Å². The Bertz CT molecular complexity index is 531. The minimum absolute atomic E-state index is 0.0415. The van der Waals surface area contributed by atoms with Crippen LogP contribution in [0.25, 0.3) is 0 Å². The van der Waals surface area contributed by atoms with Crippen LogP contribution in [-0.4, -0.2) is 41.0 Å². The third-order valence-electron chi connectivity index (χ3n) is 3.70. The van der Waals surface area contributed by atoms with E-state index in [1.54, 1.807) is 18.1 Å². The van der Waals surface area contributed by atoms with Crippen LogP contribution in [0.3, 0.4) is 0 Å². The molecule has 1 aromatic rings. The number of benzene rings is 1. The van der Waals surface area contributed by atoms with Crippen molar-refractivity contribution in [3.05, 3.63) is 23.8 Å². The van der Waals surface area contributed by atoms with E-state index in [2.05, 4.69) is 5.32 Å². The lowest BCUT2D eigenvalue weighted by Crippen LogP contribution is -2.40. The first-order chi connectivity index (χ1) is 10.4. The SMILES string of the molecule is CSc1c(F)cc(NC(=O)N2CCCC2CC(C)O)cc1F. The van der Waals surface area contributed by atoms with Crippen molar-refractivity contribution in [3.63, 3.8) is 0 Å². The highest BCUT2D eigenvalue weighted by atomic mass is 32.2. The average Bonchev–Trinajstić information content (AvgIpc) is 2.85. The molecule has 1 aromatic carbocycles. The second-order valence-electron chi connectivity index (χ2n) is 5.48. The third-order valence-corrected chi connectivity index (χ3v) is 4.50. The van der Waals surface area contributed by atoms with Crippen molar-refractivity contribution in [2.75, 3.05) is 18.1 Å². The Labute approximate surface area is 132 Å². The summed E-state index contributed by atoms with van der Waals surface area (Å²) >= 11 is 0.981. The molecule has 2 amide bonds. The molecule has 0 bridgehead atoms. The van der Waals surface area contributed by atoms with Gasteiger partial charge in [0, 0.05) is 18.3 Å². The summed E-state index contributed by atoms with van der Waals surface area (Å²) in [5.74, 6) is -1.38. The van der Waals surface area contributed by atoms with Crippen LogP contribution in [0.2, 0.25) is 0 Å². The number of urea groups is 1. The molecule has 0 saturated carbocycles. The van der Waals surface area contributed by atoms with Gasteiger partial charge >= 0.3 is 6.03 Å². The predicted octanol–water partition coefficient (Wildman–Crippen LogP) is 3.45. The zero-order valence-corrected chi connectivity index (χ0v) is 13.4. The molecule has 0 spiro atoms. The number of nitrogens with one attached hydrogen (secondary N) is 1. The van der Waals surface area contributed by atoms with Gasteiger partial charge in [-0.15, -0.1) is 11.8 Å². The summed E-state index contributed by atoms with van der Waals surface area (Å²) < 4.78 is 27.5. The summed E-state index contributed by atoms with van der Waals surface area (Å²) in [6.45, 7) is 2.26. The second kappa shape index (κ2) is 7.28. The fourth-order valence-electron chi connectivity index (χ4n) is 2.76. The average molecular weight is 330 g/mol. The van der Waals surface area contributed by atoms with E-state index in [4.69, 9.17) is 0 Å². The largest absolute Gasteiger partial charge is 0.393 e. The Balaban J connectivity index is 2.08. The molecular weight excluding hydrogens is 310 g/mol. The zero-order chi connectivity index (χ0) is 16.3.